The molecule has 0 aliphatic carbocycles. The molecule has 0 bridgehead atoms. The standard InChI is InChI=1S/C78H148O17P2/c1-7-11-13-15-17-19-21-23-25-30-33-37-41-48-54-60-75(80)88-66-73(94-77(82)63-57-51-43-39-35-31-27-26-28-32-36-40-46-52-58-70(5)9-3)68-92-96(84,85)90-64-72(79)65-91-97(86,87)93-69-74(67-89-76(81)61-55-49-45-44-47-53-59-71(6)10-4)95-78(83)62-56-50-42-38-34-29-24-22-20-18-16-14-12-8-2/h19,21,23,25,70-74,79H,7-18,20,22,24,26-69H2,1-6H3,(H,84,85)(H,86,87)/b21-19-,25-23-/t70?,71?,72-,73-,74-/m1/s1. The number of aliphatic hydroxyl groups is 1. The molecule has 572 valence electrons. The Kier molecular flexibility index (Phi) is 67.5. The van der Waals surface area contributed by atoms with Crippen LogP contribution in [0.1, 0.15) is 382 Å². The van der Waals surface area contributed by atoms with Gasteiger partial charge in [0.1, 0.15) is 19.3 Å². The first-order chi connectivity index (χ1) is 46.9. The zero-order chi connectivity index (χ0) is 71.4. The third-order valence-corrected chi connectivity index (χ3v) is 20.2. The lowest BCUT2D eigenvalue weighted by Crippen LogP contribution is -2.30. The number of carbonyl (C=O) groups is 4. The van der Waals surface area contributed by atoms with Gasteiger partial charge in [-0.15, -0.1) is 0 Å². The van der Waals surface area contributed by atoms with Crippen LogP contribution in [0.25, 0.3) is 0 Å². The Morgan fingerprint density at radius 2 is 0.577 bits per heavy atom. The van der Waals surface area contributed by atoms with Gasteiger partial charge in [0.2, 0.25) is 0 Å². The highest BCUT2D eigenvalue weighted by Gasteiger charge is 2.30. The van der Waals surface area contributed by atoms with E-state index in [1.165, 1.54) is 173 Å². The van der Waals surface area contributed by atoms with Crippen molar-refractivity contribution in [1.29, 1.82) is 0 Å². The molecule has 0 radical (unpaired) electrons. The maximum Gasteiger partial charge on any atom is 0.472 e. The number of carbonyl (C=O) groups excluding carboxylic acids is 4. The second kappa shape index (κ2) is 69.3. The summed E-state index contributed by atoms with van der Waals surface area (Å²) in [5, 5.41) is 10.6. The van der Waals surface area contributed by atoms with Crippen LogP contribution in [0.3, 0.4) is 0 Å². The van der Waals surface area contributed by atoms with E-state index in [2.05, 4.69) is 65.8 Å². The maximum atomic E-state index is 13.1. The number of esters is 4. The molecule has 97 heavy (non-hydrogen) atoms. The number of rotatable bonds is 75. The van der Waals surface area contributed by atoms with Crippen molar-refractivity contribution in [1.82, 2.24) is 0 Å². The SMILES string of the molecule is CCCCCC/C=C\C=C/CCCCCCCC(=O)OC[C@H](COP(=O)(O)OC[C@@H](O)COP(=O)(O)OC[C@@H](COC(=O)CCCCCCCCC(C)CC)OC(=O)CCCCCCCCCCCCCCCC)OC(=O)CCCCCCCCCCCCCCCCC(C)CC. The van der Waals surface area contributed by atoms with E-state index in [1.54, 1.807) is 0 Å². The van der Waals surface area contributed by atoms with Gasteiger partial charge < -0.3 is 33.8 Å². The van der Waals surface area contributed by atoms with E-state index in [0.717, 1.165) is 127 Å². The molecule has 0 rings (SSSR count). The molecule has 0 aromatic rings. The number of hydrogen-bond acceptors (Lipinski definition) is 15. The van der Waals surface area contributed by atoms with E-state index in [-0.39, 0.29) is 25.7 Å². The molecule has 3 N–H and O–H groups in total. The molecule has 0 aromatic heterocycles. The van der Waals surface area contributed by atoms with E-state index in [4.69, 9.17) is 37.0 Å². The molecule has 0 aliphatic rings. The van der Waals surface area contributed by atoms with Crippen molar-refractivity contribution in [3.8, 4) is 0 Å². The fraction of sp³-hybridized carbons (Fsp3) is 0.897. The summed E-state index contributed by atoms with van der Waals surface area (Å²) >= 11 is 0. The van der Waals surface area contributed by atoms with Crippen LogP contribution in [0.4, 0.5) is 0 Å². The minimum atomic E-state index is -4.97. The van der Waals surface area contributed by atoms with Gasteiger partial charge in [0, 0.05) is 25.7 Å². The minimum Gasteiger partial charge on any atom is -0.462 e. The quantitative estimate of drug-likeness (QED) is 0.0169. The largest absolute Gasteiger partial charge is 0.472 e. The third-order valence-electron chi connectivity index (χ3n) is 18.3. The number of allylic oxidation sites excluding steroid dienone is 4. The summed E-state index contributed by atoms with van der Waals surface area (Å²) < 4.78 is 68.6. The molecule has 0 aromatic carbocycles. The van der Waals surface area contributed by atoms with Gasteiger partial charge in [-0.2, -0.15) is 0 Å². The van der Waals surface area contributed by atoms with Crippen LogP contribution in [-0.4, -0.2) is 96.7 Å². The molecule has 0 saturated carbocycles. The molecule has 7 atom stereocenters. The fourth-order valence-electron chi connectivity index (χ4n) is 11.4. The molecule has 0 spiro atoms. The van der Waals surface area contributed by atoms with Crippen molar-refractivity contribution in [2.75, 3.05) is 39.6 Å². The van der Waals surface area contributed by atoms with Crippen LogP contribution in [0.15, 0.2) is 24.3 Å². The predicted octanol–water partition coefficient (Wildman–Crippen LogP) is 22.7. The first-order valence-corrected chi connectivity index (χ1v) is 42.9. The highest BCUT2D eigenvalue weighted by atomic mass is 31.2. The third kappa shape index (κ3) is 69.1. The predicted molar refractivity (Wildman–Crippen MR) is 395 cm³/mol. The smallest absolute Gasteiger partial charge is 0.462 e. The van der Waals surface area contributed by atoms with Crippen LogP contribution < -0.4 is 0 Å². The van der Waals surface area contributed by atoms with Crippen molar-refractivity contribution in [3.05, 3.63) is 24.3 Å². The molecule has 4 unspecified atom stereocenters. The van der Waals surface area contributed by atoms with Gasteiger partial charge in [0.05, 0.1) is 26.4 Å². The molecule has 17 nitrogen and oxygen atoms in total. The number of hydrogen-bond donors (Lipinski definition) is 3. The summed E-state index contributed by atoms with van der Waals surface area (Å²) in [5.74, 6) is -0.570. The minimum absolute atomic E-state index is 0.101. The maximum absolute atomic E-state index is 13.1. The Morgan fingerprint density at radius 1 is 0.330 bits per heavy atom. The lowest BCUT2D eigenvalue weighted by molar-refractivity contribution is -0.161. The van der Waals surface area contributed by atoms with Gasteiger partial charge in [0.25, 0.3) is 0 Å². The number of ether oxygens (including phenoxy) is 4. The van der Waals surface area contributed by atoms with Gasteiger partial charge in [-0.25, -0.2) is 9.13 Å². The van der Waals surface area contributed by atoms with E-state index in [0.29, 0.717) is 25.7 Å². The van der Waals surface area contributed by atoms with Crippen LogP contribution in [0.5, 0.6) is 0 Å². The van der Waals surface area contributed by atoms with Crippen molar-refractivity contribution in [2.45, 2.75) is 400 Å². The van der Waals surface area contributed by atoms with Gasteiger partial charge in [-0.1, -0.05) is 329 Å². The molecular weight excluding hydrogens is 1270 g/mol. The van der Waals surface area contributed by atoms with Crippen molar-refractivity contribution >= 4 is 39.5 Å². The summed E-state index contributed by atoms with van der Waals surface area (Å²) in [6.07, 6.45) is 60.3. The van der Waals surface area contributed by atoms with Crippen LogP contribution in [-0.2, 0) is 65.4 Å². The average molecular weight is 1420 g/mol. The number of phosphoric acid groups is 2. The molecule has 0 aliphatic heterocycles. The van der Waals surface area contributed by atoms with Crippen LogP contribution in [0.2, 0.25) is 0 Å². The van der Waals surface area contributed by atoms with Gasteiger partial charge in [-0.3, -0.25) is 37.3 Å². The fourth-order valence-corrected chi connectivity index (χ4v) is 13.0. The highest BCUT2D eigenvalue weighted by molar-refractivity contribution is 7.47. The topological polar surface area (TPSA) is 237 Å². The number of phosphoric ester groups is 2. The summed E-state index contributed by atoms with van der Waals surface area (Å²) in [5.41, 5.74) is 0. The Bertz CT molecular complexity index is 1970. The Labute approximate surface area is 592 Å². The first kappa shape index (κ1) is 94.5. The van der Waals surface area contributed by atoms with Crippen molar-refractivity contribution in [2.24, 2.45) is 11.8 Å². The van der Waals surface area contributed by atoms with E-state index < -0.39 is 97.5 Å². The van der Waals surface area contributed by atoms with Gasteiger partial charge >= 0.3 is 39.5 Å². The summed E-state index contributed by atoms with van der Waals surface area (Å²) in [4.78, 5) is 72.9. The summed E-state index contributed by atoms with van der Waals surface area (Å²) in [6.45, 7) is 9.56. The number of unbranched alkanes of at least 4 members (excludes halogenated alkanes) is 40. The highest BCUT2D eigenvalue weighted by Crippen LogP contribution is 2.45. The lowest BCUT2D eigenvalue weighted by atomic mass is 9.99. The zero-order valence-electron chi connectivity index (χ0n) is 62.9. The second-order valence-electron chi connectivity index (χ2n) is 27.9. The second-order valence-corrected chi connectivity index (χ2v) is 30.8. The molecule has 0 amide bonds. The Balaban J connectivity index is 5.29. The monoisotopic (exact) mass is 1420 g/mol. The van der Waals surface area contributed by atoms with Gasteiger partial charge in [-0.05, 0) is 63.2 Å². The summed E-state index contributed by atoms with van der Waals surface area (Å²) in [7, 11) is -9.93. The van der Waals surface area contributed by atoms with Crippen molar-refractivity contribution in [3.63, 3.8) is 0 Å². The molecule has 0 fully saturated rings. The average Bonchev–Trinajstić information content (AvgIpc) is 1.04. The number of aliphatic hydroxyl groups excluding tert-OH is 1. The summed E-state index contributed by atoms with van der Waals surface area (Å²) in [6, 6.07) is 0. The molecule has 0 saturated heterocycles. The Morgan fingerprint density at radius 3 is 0.876 bits per heavy atom. The Hall–Kier alpha value is -2.46. The lowest BCUT2D eigenvalue weighted by Gasteiger charge is -2.21. The van der Waals surface area contributed by atoms with E-state index >= 15 is 0 Å². The first-order valence-electron chi connectivity index (χ1n) is 39.9. The normalized spacial score (nSPS) is 14.7. The van der Waals surface area contributed by atoms with Crippen LogP contribution >= 0.6 is 15.6 Å². The molecule has 19 heteroatoms. The zero-order valence-corrected chi connectivity index (χ0v) is 64.7. The van der Waals surface area contributed by atoms with Gasteiger partial charge in [0.15, 0.2) is 12.2 Å². The van der Waals surface area contributed by atoms with Crippen LogP contribution in [0, 0.1) is 11.8 Å². The molecular formula is C78H148O17P2. The molecule has 0 heterocycles. The van der Waals surface area contributed by atoms with E-state index in [1.807, 2.05) is 0 Å². The van der Waals surface area contributed by atoms with E-state index in [9.17, 15) is 43.2 Å². The van der Waals surface area contributed by atoms with Crippen molar-refractivity contribution < 1.29 is 80.2 Å².